The van der Waals surface area contributed by atoms with E-state index in [1.54, 1.807) is 11.9 Å². The number of rotatable bonds is 6. The summed E-state index contributed by atoms with van der Waals surface area (Å²) in [5.41, 5.74) is 0.532. The maximum atomic E-state index is 11.8. The van der Waals surface area contributed by atoms with Gasteiger partial charge in [0.05, 0.1) is 0 Å². The Hall–Kier alpha value is -1.26. The summed E-state index contributed by atoms with van der Waals surface area (Å²) < 4.78 is 0. The van der Waals surface area contributed by atoms with Crippen molar-refractivity contribution in [3.63, 3.8) is 0 Å². The number of amides is 2. The summed E-state index contributed by atoms with van der Waals surface area (Å²) in [4.78, 5) is 23.8. The van der Waals surface area contributed by atoms with Gasteiger partial charge in [0, 0.05) is 26.6 Å². The van der Waals surface area contributed by atoms with Crippen LogP contribution in [0.4, 0.5) is 4.79 Å². The molecule has 2 amide bonds. The van der Waals surface area contributed by atoms with Crippen molar-refractivity contribution >= 4 is 12.0 Å². The van der Waals surface area contributed by atoms with Crippen LogP contribution in [0.5, 0.6) is 0 Å². The van der Waals surface area contributed by atoms with E-state index in [-0.39, 0.29) is 23.3 Å². The molecule has 0 spiro atoms. The molecule has 0 radical (unpaired) electrons. The molecule has 0 atom stereocenters. The minimum Gasteiger partial charge on any atom is -0.481 e. The van der Waals surface area contributed by atoms with Gasteiger partial charge in [0.25, 0.3) is 0 Å². The largest absolute Gasteiger partial charge is 0.481 e. The molecule has 0 saturated heterocycles. The zero-order valence-corrected chi connectivity index (χ0v) is 12.6. The molecule has 0 aromatic rings. The number of nitrogens with one attached hydrogen (secondary N) is 1. The van der Waals surface area contributed by atoms with Gasteiger partial charge >= 0.3 is 12.0 Å². The summed E-state index contributed by atoms with van der Waals surface area (Å²) in [6.07, 6.45) is 0.583. The fourth-order valence-electron chi connectivity index (χ4n) is 2.74. The monoisotopic (exact) mass is 270 g/mol. The number of urea groups is 1. The lowest BCUT2D eigenvalue weighted by Gasteiger charge is -2.17. The second-order valence-electron chi connectivity index (χ2n) is 6.60. The summed E-state index contributed by atoms with van der Waals surface area (Å²) in [5.74, 6) is -0.327. The van der Waals surface area contributed by atoms with Crippen molar-refractivity contribution in [2.75, 3.05) is 20.1 Å². The molecule has 5 heteroatoms. The van der Waals surface area contributed by atoms with E-state index in [0.717, 1.165) is 0 Å². The molecule has 1 rings (SSSR count). The molecule has 1 aliphatic rings. The van der Waals surface area contributed by atoms with Crippen LogP contribution in [0.25, 0.3) is 0 Å². The lowest BCUT2D eigenvalue weighted by atomic mass is 10.0. The number of carboxylic acid groups (broad SMARTS) is 1. The van der Waals surface area contributed by atoms with Crippen LogP contribution >= 0.6 is 0 Å². The van der Waals surface area contributed by atoms with E-state index in [1.807, 2.05) is 0 Å². The third-order valence-corrected chi connectivity index (χ3v) is 5.01. The van der Waals surface area contributed by atoms with Crippen LogP contribution in [0.2, 0.25) is 0 Å². The van der Waals surface area contributed by atoms with Crippen molar-refractivity contribution < 1.29 is 14.7 Å². The fourth-order valence-corrected chi connectivity index (χ4v) is 2.74. The molecule has 2 N–H and O–H groups in total. The minimum atomic E-state index is -0.824. The fraction of sp³-hybridized carbons (Fsp3) is 0.857. The molecule has 1 saturated carbocycles. The highest BCUT2D eigenvalue weighted by molar-refractivity contribution is 5.74. The molecule has 5 nitrogen and oxygen atoms in total. The van der Waals surface area contributed by atoms with Gasteiger partial charge in [0.15, 0.2) is 0 Å². The maximum absolute atomic E-state index is 11.8. The molecule has 0 aliphatic heterocycles. The Kier molecular flexibility index (Phi) is 4.48. The zero-order valence-electron chi connectivity index (χ0n) is 12.6. The highest BCUT2D eigenvalue weighted by Crippen LogP contribution is 2.67. The van der Waals surface area contributed by atoms with Crippen LogP contribution in [-0.4, -0.2) is 42.1 Å². The highest BCUT2D eigenvalue weighted by atomic mass is 16.4. The van der Waals surface area contributed by atoms with Gasteiger partial charge in [-0.2, -0.15) is 0 Å². The molecule has 1 aliphatic carbocycles. The highest BCUT2D eigenvalue weighted by Gasteiger charge is 2.64. The molecule has 19 heavy (non-hydrogen) atoms. The standard InChI is InChI=1S/C14H26N2O3/c1-13(2)10(14(13,3)4)9-15-12(19)16(5)8-6-7-11(17)18/h10H,6-9H2,1-5H3,(H,15,19)(H,17,18). The molecule has 110 valence electrons. The van der Waals surface area contributed by atoms with Gasteiger partial charge < -0.3 is 15.3 Å². The number of carboxylic acids is 1. The van der Waals surface area contributed by atoms with Crippen molar-refractivity contribution in [3.05, 3.63) is 0 Å². The van der Waals surface area contributed by atoms with Crippen molar-refractivity contribution in [1.82, 2.24) is 10.2 Å². The van der Waals surface area contributed by atoms with Crippen LogP contribution < -0.4 is 5.32 Å². The Morgan fingerprint density at radius 2 is 1.74 bits per heavy atom. The average Bonchev–Trinajstić information content (AvgIpc) is 2.65. The minimum absolute atomic E-state index is 0.0975. The predicted octanol–water partition coefficient (Wildman–Crippen LogP) is 2.17. The van der Waals surface area contributed by atoms with E-state index < -0.39 is 5.97 Å². The number of carbonyl (C=O) groups excluding carboxylic acids is 1. The van der Waals surface area contributed by atoms with Gasteiger partial charge in [0.1, 0.15) is 0 Å². The van der Waals surface area contributed by atoms with Gasteiger partial charge in [0.2, 0.25) is 0 Å². The van der Waals surface area contributed by atoms with E-state index in [9.17, 15) is 9.59 Å². The van der Waals surface area contributed by atoms with Gasteiger partial charge in [-0.05, 0) is 23.2 Å². The van der Waals surface area contributed by atoms with Gasteiger partial charge in [-0.1, -0.05) is 27.7 Å². The van der Waals surface area contributed by atoms with Gasteiger partial charge in [-0.25, -0.2) is 4.79 Å². The summed E-state index contributed by atoms with van der Waals surface area (Å²) >= 11 is 0. The molecule has 0 heterocycles. The average molecular weight is 270 g/mol. The maximum Gasteiger partial charge on any atom is 0.317 e. The Bertz CT molecular complexity index is 350. The van der Waals surface area contributed by atoms with Crippen LogP contribution in [0.1, 0.15) is 40.5 Å². The van der Waals surface area contributed by atoms with Crippen LogP contribution in [-0.2, 0) is 4.79 Å². The van der Waals surface area contributed by atoms with E-state index >= 15 is 0 Å². The first kappa shape index (κ1) is 15.8. The smallest absolute Gasteiger partial charge is 0.317 e. The number of hydrogen-bond acceptors (Lipinski definition) is 2. The van der Waals surface area contributed by atoms with Gasteiger partial charge in [-0.3, -0.25) is 4.79 Å². The normalized spacial score (nSPS) is 19.8. The van der Waals surface area contributed by atoms with E-state index in [4.69, 9.17) is 5.11 Å². The molecular weight excluding hydrogens is 244 g/mol. The molecular formula is C14H26N2O3. The van der Waals surface area contributed by atoms with Crippen LogP contribution in [0, 0.1) is 16.7 Å². The summed E-state index contributed by atoms with van der Waals surface area (Å²) in [7, 11) is 1.69. The van der Waals surface area contributed by atoms with Crippen LogP contribution in [0.15, 0.2) is 0 Å². The molecule has 1 fully saturated rings. The Morgan fingerprint density at radius 1 is 1.21 bits per heavy atom. The third-order valence-electron chi connectivity index (χ3n) is 5.01. The number of aliphatic carboxylic acids is 1. The summed E-state index contributed by atoms with van der Waals surface area (Å²) in [6, 6.07) is -0.121. The molecule has 0 aromatic carbocycles. The molecule has 0 bridgehead atoms. The van der Waals surface area contributed by atoms with E-state index in [2.05, 4.69) is 33.0 Å². The van der Waals surface area contributed by atoms with Crippen molar-refractivity contribution in [2.45, 2.75) is 40.5 Å². The Balaban J connectivity index is 2.27. The number of nitrogens with zero attached hydrogens (tertiary/aromatic N) is 1. The quantitative estimate of drug-likeness (QED) is 0.777. The Morgan fingerprint density at radius 3 is 2.16 bits per heavy atom. The lowest BCUT2D eigenvalue weighted by Crippen LogP contribution is -2.39. The topological polar surface area (TPSA) is 69.6 Å². The first-order valence-electron chi connectivity index (χ1n) is 6.81. The lowest BCUT2D eigenvalue weighted by molar-refractivity contribution is -0.137. The first-order valence-corrected chi connectivity index (χ1v) is 6.81. The number of hydrogen-bond donors (Lipinski definition) is 2. The first-order chi connectivity index (χ1) is 8.60. The predicted molar refractivity (Wildman–Crippen MR) is 74.0 cm³/mol. The summed E-state index contributed by atoms with van der Waals surface area (Å²) in [6.45, 7) is 10.0. The second-order valence-corrected chi connectivity index (χ2v) is 6.60. The number of carbonyl (C=O) groups is 2. The van der Waals surface area contributed by atoms with Crippen LogP contribution in [0.3, 0.4) is 0 Å². The third kappa shape index (κ3) is 3.39. The Labute approximate surface area is 115 Å². The van der Waals surface area contributed by atoms with E-state index in [0.29, 0.717) is 25.4 Å². The van der Waals surface area contributed by atoms with E-state index in [1.165, 1.54) is 0 Å². The second kappa shape index (κ2) is 5.39. The SMILES string of the molecule is CN(CCCC(=O)O)C(=O)NCC1C(C)(C)C1(C)C. The zero-order chi connectivity index (χ0) is 14.8. The van der Waals surface area contributed by atoms with Gasteiger partial charge in [-0.15, -0.1) is 0 Å². The van der Waals surface area contributed by atoms with Crippen molar-refractivity contribution in [3.8, 4) is 0 Å². The molecule has 0 aromatic heterocycles. The molecule has 0 unspecified atom stereocenters. The van der Waals surface area contributed by atoms with Crippen molar-refractivity contribution in [1.29, 1.82) is 0 Å². The van der Waals surface area contributed by atoms with Crippen molar-refractivity contribution in [2.24, 2.45) is 16.7 Å². The summed E-state index contributed by atoms with van der Waals surface area (Å²) in [5, 5.41) is 11.5.